The predicted molar refractivity (Wildman–Crippen MR) is 471 cm³/mol. The van der Waals surface area contributed by atoms with Gasteiger partial charge in [0.25, 0.3) is 0 Å². The zero-order valence-corrected chi connectivity index (χ0v) is 83.1. The number of hydrogen-bond donors (Lipinski definition) is 10. The van der Waals surface area contributed by atoms with Gasteiger partial charge in [-0.05, 0) is 191 Å². The Morgan fingerprint density at radius 2 is 0.270 bits per heavy atom. The van der Waals surface area contributed by atoms with Crippen LogP contribution >= 0.6 is 0 Å². The molecule has 0 fully saturated rings. The van der Waals surface area contributed by atoms with E-state index in [0.717, 1.165) is 92.4 Å². The Labute approximate surface area is 718 Å². The normalized spacial score (nSPS) is 12.4. The summed E-state index contributed by atoms with van der Waals surface area (Å²) in [6.45, 7) is 87.0. The summed E-state index contributed by atoms with van der Waals surface area (Å²) in [5, 5.41) is 99.0. The predicted octanol–water partition coefficient (Wildman–Crippen LogP) is 25.2. The van der Waals surface area contributed by atoms with Crippen LogP contribution in [0.15, 0.2) is 72.8 Å². The van der Waals surface area contributed by atoms with Crippen LogP contribution in [0.25, 0.3) is 0 Å². The van der Waals surface area contributed by atoms with Crippen molar-refractivity contribution in [2.75, 3.05) is 26.4 Å². The van der Waals surface area contributed by atoms with Crippen molar-refractivity contribution in [3.05, 3.63) is 173 Å². The Morgan fingerprint density at radius 3 is 0.333 bits per heavy atom. The number of aliphatic hydroxyl groups excluding tert-OH is 4. The molecule has 6 rings (SSSR count). The summed E-state index contributed by atoms with van der Waals surface area (Å²) >= 11 is 0. The Bertz CT molecular complexity index is 3160. The van der Waals surface area contributed by atoms with E-state index in [9.17, 15) is 30.6 Å². The molecule has 0 aliphatic rings. The molecule has 6 aromatic carbocycles. The van der Waals surface area contributed by atoms with Gasteiger partial charge in [0.05, 0.1) is 0 Å². The molecule has 0 aliphatic carbocycles. The van der Waals surface area contributed by atoms with Gasteiger partial charge in [-0.3, -0.25) is 0 Å². The maximum atomic E-state index is 11.2. The first-order valence-corrected chi connectivity index (χ1v) is 40.5. The van der Waals surface area contributed by atoms with Gasteiger partial charge in [-0.25, -0.2) is 0 Å². The average Bonchev–Trinajstić information content (AvgIpc) is 0.777. The second kappa shape index (κ2) is 43.8. The van der Waals surface area contributed by atoms with Crippen LogP contribution in [0.2, 0.25) is 0 Å². The first-order chi connectivity index (χ1) is 48.8. The molecule has 0 saturated heterocycles. The summed E-state index contributed by atoms with van der Waals surface area (Å²) in [5.41, 5.74) is 16.9. The van der Waals surface area contributed by atoms with E-state index in [1.54, 1.807) is 0 Å². The van der Waals surface area contributed by atoms with Gasteiger partial charge in [0, 0.05) is 98.1 Å². The monoisotopic (exact) mass is 1690 g/mol. The standard InChI is InChI=1S/3C29H44O2.4C3H8O.2Zr/c3*1-26(2,3)20-14-18(24(30)22(16-20)28(7,8)9)13-19-15-21(27(4,5)6)17-23(25(19)31)29(10,11)12;4*1-2-3-4;;/h3*14-17,30-31H,13H2,1-12H3;4*4H,2-3H2,1H3;;. The molecule has 0 heterocycles. The number of benzene rings is 6. The quantitative estimate of drug-likeness (QED) is 0.0629. The molecule has 0 aromatic heterocycles. The van der Waals surface area contributed by atoms with Crippen molar-refractivity contribution in [1.82, 2.24) is 0 Å². The molecule has 111 heavy (non-hydrogen) atoms. The summed E-state index contributed by atoms with van der Waals surface area (Å²) in [6.07, 6.45) is 4.99. The molecule has 0 saturated carbocycles. The molecule has 12 heteroatoms. The van der Waals surface area contributed by atoms with E-state index >= 15 is 0 Å². The molecule has 6 aromatic rings. The Balaban J connectivity index is -0.00000142. The molecule has 0 spiro atoms. The van der Waals surface area contributed by atoms with Gasteiger partial charge in [-0.2, -0.15) is 0 Å². The zero-order valence-electron chi connectivity index (χ0n) is 78.2. The Hall–Kier alpha value is -4.27. The Kier molecular flexibility index (Phi) is 43.7. The molecule has 10 N–H and O–H groups in total. The van der Waals surface area contributed by atoms with E-state index in [0.29, 0.717) is 80.2 Å². The number of hydrogen-bond acceptors (Lipinski definition) is 10. The second-order valence-corrected chi connectivity index (χ2v) is 42.6. The van der Waals surface area contributed by atoms with Crippen LogP contribution in [-0.4, -0.2) is 77.5 Å². The molecule has 0 aliphatic heterocycles. The van der Waals surface area contributed by atoms with Crippen LogP contribution < -0.4 is 0 Å². The summed E-state index contributed by atoms with van der Waals surface area (Å²) in [7, 11) is 0. The summed E-state index contributed by atoms with van der Waals surface area (Å²) in [4.78, 5) is 0. The molecular formula is C99H164O10Zr2. The molecule has 0 amide bonds. The first-order valence-electron chi connectivity index (χ1n) is 40.5. The number of rotatable bonds is 10. The van der Waals surface area contributed by atoms with Gasteiger partial charge in [-0.1, -0.05) is 350 Å². The second-order valence-electron chi connectivity index (χ2n) is 42.6. The first kappa shape index (κ1) is 111. The average molecular weight is 1700 g/mol. The fraction of sp³-hybridized carbons (Fsp3) is 0.636. The smallest absolute Gasteiger partial charge is 0.122 e. The summed E-state index contributed by atoms with van der Waals surface area (Å²) < 4.78 is 0. The van der Waals surface area contributed by atoms with E-state index in [-0.39, 0.29) is 117 Å². The molecule has 0 radical (unpaired) electrons. The Morgan fingerprint density at radius 1 is 0.180 bits per heavy atom. The SMILES string of the molecule is CC(C)(C)c1cc(Cc2cc(C(C)(C)C)cc(C(C)(C)C)c2O)c(O)c(C(C)(C)C)c1.CC(C)(C)c1cc(Cc2cc(C(C)(C)C)cc(C(C)(C)C)c2O)c(O)c(C(C)(C)C)c1.CC(C)(C)c1cc(Cc2cc(C(C)(C)C)cc(C(C)(C)C)c2O)c(O)c(C(C)(C)C)c1.CCCO.CCCO.CCCO.CCCO.[Zr].[Zr]. The largest absolute Gasteiger partial charge is 0.507 e. The summed E-state index contributed by atoms with van der Waals surface area (Å²) in [6, 6.07) is 25.6. The number of aromatic hydroxyl groups is 6. The molecule has 0 bridgehead atoms. The van der Waals surface area contributed by atoms with Crippen molar-refractivity contribution >= 4 is 0 Å². The summed E-state index contributed by atoms with van der Waals surface area (Å²) in [5.74, 6) is 2.07. The minimum atomic E-state index is -0.175. The van der Waals surface area contributed by atoms with Crippen molar-refractivity contribution in [3.8, 4) is 34.5 Å². The minimum absolute atomic E-state index is 0. The van der Waals surface area contributed by atoms with E-state index < -0.39 is 0 Å². The third kappa shape index (κ3) is 35.2. The van der Waals surface area contributed by atoms with Crippen LogP contribution in [0.1, 0.15) is 403 Å². The third-order valence-electron chi connectivity index (χ3n) is 19.2. The van der Waals surface area contributed by atoms with Gasteiger partial charge < -0.3 is 51.1 Å². The third-order valence-corrected chi connectivity index (χ3v) is 19.2. The van der Waals surface area contributed by atoms with Gasteiger partial charge >= 0.3 is 0 Å². The molecule has 628 valence electrons. The van der Waals surface area contributed by atoms with E-state index in [1.165, 1.54) is 33.4 Å². The van der Waals surface area contributed by atoms with Crippen molar-refractivity contribution in [3.63, 3.8) is 0 Å². The molecule has 0 atom stereocenters. The van der Waals surface area contributed by atoms with Crippen molar-refractivity contribution in [1.29, 1.82) is 0 Å². The van der Waals surface area contributed by atoms with Crippen molar-refractivity contribution < 1.29 is 103 Å². The van der Waals surface area contributed by atoms with Crippen LogP contribution in [0.5, 0.6) is 34.5 Å². The molecule has 0 unspecified atom stereocenters. The van der Waals surface area contributed by atoms with Gasteiger partial charge in [0.2, 0.25) is 0 Å². The van der Waals surface area contributed by atoms with E-state index in [4.69, 9.17) is 20.4 Å². The number of phenolic OH excluding ortho intramolecular Hbond substituents is 6. The van der Waals surface area contributed by atoms with Crippen LogP contribution in [-0.2, 0) is 137 Å². The maximum Gasteiger partial charge on any atom is 0.122 e. The van der Waals surface area contributed by atoms with Crippen LogP contribution in [0.3, 0.4) is 0 Å². The fourth-order valence-corrected chi connectivity index (χ4v) is 11.6. The van der Waals surface area contributed by atoms with Gasteiger partial charge in [0.1, 0.15) is 34.5 Å². The van der Waals surface area contributed by atoms with Crippen molar-refractivity contribution in [2.45, 2.75) is 387 Å². The number of phenols is 6. The molecule has 10 nitrogen and oxygen atoms in total. The van der Waals surface area contributed by atoms with Crippen LogP contribution in [0.4, 0.5) is 0 Å². The number of aliphatic hydroxyl groups is 4. The van der Waals surface area contributed by atoms with Gasteiger partial charge in [-0.15, -0.1) is 0 Å². The molecular weight excluding hydrogens is 1530 g/mol. The fourth-order valence-electron chi connectivity index (χ4n) is 11.6. The van der Waals surface area contributed by atoms with E-state index in [1.807, 2.05) is 27.7 Å². The minimum Gasteiger partial charge on any atom is -0.507 e. The van der Waals surface area contributed by atoms with Crippen molar-refractivity contribution in [2.24, 2.45) is 0 Å². The topological polar surface area (TPSA) is 202 Å². The maximum absolute atomic E-state index is 11.2. The van der Waals surface area contributed by atoms with Gasteiger partial charge in [0.15, 0.2) is 0 Å². The van der Waals surface area contributed by atoms with Crippen LogP contribution in [0, 0.1) is 0 Å². The van der Waals surface area contributed by atoms with E-state index in [2.05, 4.69) is 322 Å². The zero-order chi connectivity index (χ0) is 86.1.